The van der Waals surface area contributed by atoms with Crippen LogP contribution in [0.2, 0.25) is 0 Å². The van der Waals surface area contributed by atoms with Crippen molar-refractivity contribution >= 4 is 28.8 Å². The zero-order chi connectivity index (χ0) is 13.8. The average molecular weight is 278 g/mol. The van der Waals surface area contributed by atoms with Gasteiger partial charge < -0.3 is 15.8 Å². The van der Waals surface area contributed by atoms with Crippen LogP contribution in [0.5, 0.6) is 0 Å². The standard InChI is InChI=1S/C14H18N2O2S/c1-9-6-7-18-13(9)14(17)16-11-4-2-10(3-5-11)8-12(15)19/h2-5,9,13H,6-8H2,1H3,(H2,15,19)(H,16,17). The first-order chi connectivity index (χ1) is 9.06. The molecule has 2 atom stereocenters. The first kappa shape index (κ1) is 14.0. The summed E-state index contributed by atoms with van der Waals surface area (Å²) in [5.41, 5.74) is 7.29. The van der Waals surface area contributed by atoms with Gasteiger partial charge in [0, 0.05) is 18.7 Å². The minimum Gasteiger partial charge on any atom is -0.393 e. The Hall–Kier alpha value is -1.46. The lowest BCUT2D eigenvalue weighted by atomic mass is 10.0. The molecule has 4 nitrogen and oxygen atoms in total. The molecule has 3 N–H and O–H groups in total. The molecule has 1 saturated heterocycles. The van der Waals surface area contributed by atoms with Crippen LogP contribution in [0.25, 0.3) is 0 Å². The maximum atomic E-state index is 12.0. The van der Waals surface area contributed by atoms with E-state index in [0.29, 0.717) is 18.0 Å². The third kappa shape index (κ3) is 3.75. The van der Waals surface area contributed by atoms with Crippen LogP contribution in [-0.2, 0) is 16.0 Å². The first-order valence-corrected chi connectivity index (χ1v) is 6.77. The van der Waals surface area contributed by atoms with Gasteiger partial charge in [-0.3, -0.25) is 4.79 Å². The van der Waals surface area contributed by atoms with E-state index >= 15 is 0 Å². The lowest BCUT2D eigenvalue weighted by Gasteiger charge is -2.14. The fourth-order valence-corrected chi connectivity index (χ4v) is 2.32. The third-order valence-electron chi connectivity index (χ3n) is 3.25. The molecule has 0 spiro atoms. The molecular weight excluding hydrogens is 260 g/mol. The number of benzene rings is 1. The molecule has 0 bridgehead atoms. The van der Waals surface area contributed by atoms with Crippen LogP contribution in [0.3, 0.4) is 0 Å². The SMILES string of the molecule is CC1CCOC1C(=O)Nc1ccc(CC(N)=S)cc1. The second-order valence-electron chi connectivity index (χ2n) is 4.89. The number of carbonyl (C=O) groups is 1. The van der Waals surface area contributed by atoms with Crippen molar-refractivity contribution in [3.8, 4) is 0 Å². The highest BCUT2D eigenvalue weighted by atomic mass is 32.1. The van der Waals surface area contributed by atoms with Crippen molar-refractivity contribution in [3.05, 3.63) is 29.8 Å². The van der Waals surface area contributed by atoms with E-state index in [4.69, 9.17) is 22.7 Å². The predicted octanol–water partition coefficient (Wildman–Crippen LogP) is 1.88. The molecule has 0 saturated carbocycles. The molecule has 1 fully saturated rings. The van der Waals surface area contributed by atoms with Crippen molar-refractivity contribution in [1.82, 2.24) is 0 Å². The van der Waals surface area contributed by atoms with Crippen LogP contribution in [0.15, 0.2) is 24.3 Å². The minimum absolute atomic E-state index is 0.0768. The van der Waals surface area contributed by atoms with E-state index < -0.39 is 0 Å². The van der Waals surface area contributed by atoms with Crippen LogP contribution in [0.1, 0.15) is 18.9 Å². The van der Waals surface area contributed by atoms with Gasteiger partial charge in [-0.2, -0.15) is 0 Å². The molecule has 2 unspecified atom stereocenters. The van der Waals surface area contributed by atoms with Crippen LogP contribution in [0.4, 0.5) is 5.69 Å². The Balaban J connectivity index is 1.95. The van der Waals surface area contributed by atoms with Gasteiger partial charge in [-0.1, -0.05) is 31.3 Å². The number of rotatable bonds is 4. The van der Waals surface area contributed by atoms with E-state index in [9.17, 15) is 4.79 Å². The smallest absolute Gasteiger partial charge is 0.253 e. The third-order valence-corrected chi connectivity index (χ3v) is 3.39. The molecule has 1 aliphatic rings. The highest BCUT2D eigenvalue weighted by Crippen LogP contribution is 2.21. The molecule has 19 heavy (non-hydrogen) atoms. The van der Waals surface area contributed by atoms with Gasteiger partial charge in [-0.15, -0.1) is 0 Å². The summed E-state index contributed by atoms with van der Waals surface area (Å²) in [6, 6.07) is 7.53. The summed E-state index contributed by atoms with van der Waals surface area (Å²) in [5, 5.41) is 2.87. The van der Waals surface area contributed by atoms with Gasteiger partial charge in [-0.05, 0) is 30.0 Å². The quantitative estimate of drug-likeness (QED) is 0.825. The number of thiocarbonyl (C=S) groups is 1. The molecule has 0 radical (unpaired) electrons. The van der Waals surface area contributed by atoms with Gasteiger partial charge in [0.25, 0.3) is 5.91 Å². The Morgan fingerprint density at radius 2 is 2.16 bits per heavy atom. The molecule has 1 aromatic rings. The maximum absolute atomic E-state index is 12.0. The molecule has 1 aliphatic heterocycles. The number of anilines is 1. The fraction of sp³-hybridized carbons (Fsp3) is 0.429. The maximum Gasteiger partial charge on any atom is 0.253 e. The van der Waals surface area contributed by atoms with Gasteiger partial charge >= 0.3 is 0 Å². The number of hydrogen-bond acceptors (Lipinski definition) is 3. The predicted molar refractivity (Wildman–Crippen MR) is 79.1 cm³/mol. The van der Waals surface area contributed by atoms with E-state index in [0.717, 1.165) is 17.7 Å². The summed E-state index contributed by atoms with van der Waals surface area (Å²) >= 11 is 4.86. The fourth-order valence-electron chi connectivity index (χ4n) is 2.15. The van der Waals surface area contributed by atoms with Crippen molar-refractivity contribution in [2.75, 3.05) is 11.9 Å². The van der Waals surface area contributed by atoms with Crippen molar-refractivity contribution in [3.63, 3.8) is 0 Å². The number of ether oxygens (including phenoxy) is 1. The van der Waals surface area contributed by atoms with Crippen molar-refractivity contribution in [2.45, 2.75) is 25.9 Å². The number of nitrogens with one attached hydrogen (secondary N) is 1. The molecule has 102 valence electrons. The summed E-state index contributed by atoms with van der Waals surface area (Å²) in [6.45, 7) is 2.69. The Morgan fingerprint density at radius 1 is 1.47 bits per heavy atom. The molecule has 0 aromatic heterocycles. The Morgan fingerprint density at radius 3 is 2.68 bits per heavy atom. The molecule has 1 amide bonds. The molecule has 1 aromatic carbocycles. The van der Waals surface area contributed by atoms with Crippen LogP contribution < -0.4 is 11.1 Å². The molecule has 1 heterocycles. The van der Waals surface area contributed by atoms with Crippen molar-refractivity contribution in [1.29, 1.82) is 0 Å². The number of carbonyl (C=O) groups excluding carboxylic acids is 1. The van der Waals surface area contributed by atoms with Crippen LogP contribution >= 0.6 is 12.2 Å². The summed E-state index contributed by atoms with van der Waals surface area (Å²) in [5.74, 6) is 0.195. The molecule has 2 rings (SSSR count). The van der Waals surface area contributed by atoms with Gasteiger partial charge in [-0.25, -0.2) is 0 Å². The van der Waals surface area contributed by atoms with E-state index in [2.05, 4.69) is 5.32 Å². The summed E-state index contributed by atoms with van der Waals surface area (Å²) < 4.78 is 5.43. The topological polar surface area (TPSA) is 64.3 Å². The lowest BCUT2D eigenvalue weighted by molar-refractivity contribution is -0.126. The minimum atomic E-state index is -0.337. The summed E-state index contributed by atoms with van der Waals surface area (Å²) in [6.07, 6.45) is 1.17. The van der Waals surface area contributed by atoms with Gasteiger partial charge in [0.05, 0.1) is 4.99 Å². The second-order valence-corrected chi connectivity index (χ2v) is 5.41. The highest BCUT2D eigenvalue weighted by molar-refractivity contribution is 7.80. The van der Waals surface area contributed by atoms with Crippen molar-refractivity contribution < 1.29 is 9.53 Å². The van der Waals surface area contributed by atoms with E-state index in [1.807, 2.05) is 31.2 Å². The Labute approximate surface area is 118 Å². The van der Waals surface area contributed by atoms with Crippen molar-refractivity contribution in [2.24, 2.45) is 11.7 Å². The summed E-state index contributed by atoms with van der Waals surface area (Å²) in [7, 11) is 0. The highest BCUT2D eigenvalue weighted by Gasteiger charge is 2.30. The molecule has 0 aliphatic carbocycles. The normalized spacial score (nSPS) is 22.2. The lowest BCUT2D eigenvalue weighted by Crippen LogP contribution is -2.31. The van der Waals surface area contributed by atoms with Gasteiger partial charge in [0.2, 0.25) is 0 Å². The average Bonchev–Trinajstić information content (AvgIpc) is 2.77. The first-order valence-electron chi connectivity index (χ1n) is 6.36. The van der Waals surface area contributed by atoms with Crippen LogP contribution in [-0.4, -0.2) is 23.6 Å². The number of nitrogens with two attached hydrogens (primary N) is 1. The summed E-state index contributed by atoms with van der Waals surface area (Å²) in [4.78, 5) is 12.5. The Bertz CT molecular complexity index is 473. The molecule has 5 heteroatoms. The van der Waals surface area contributed by atoms with Crippen LogP contribution in [0, 0.1) is 5.92 Å². The van der Waals surface area contributed by atoms with E-state index in [1.54, 1.807) is 0 Å². The van der Waals surface area contributed by atoms with Gasteiger partial charge in [0.15, 0.2) is 0 Å². The monoisotopic (exact) mass is 278 g/mol. The largest absolute Gasteiger partial charge is 0.393 e. The zero-order valence-electron chi connectivity index (χ0n) is 10.9. The molecular formula is C14H18N2O2S. The second kappa shape index (κ2) is 6.12. The zero-order valence-corrected chi connectivity index (χ0v) is 11.7. The van der Waals surface area contributed by atoms with E-state index in [-0.39, 0.29) is 17.9 Å². The number of amides is 1. The Kier molecular flexibility index (Phi) is 4.50. The van der Waals surface area contributed by atoms with E-state index in [1.165, 1.54) is 0 Å². The number of hydrogen-bond donors (Lipinski definition) is 2. The van der Waals surface area contributed by atoms with Gasteiger partial charge in [0.1, 0.15) is 6.10 Å².